The molecule has 0 radical (unpaired) electrons. The van der Waals surface area contributed by atoms with Crippen LogP contribution >= 0.6 is 12.2 Å². The monoisotopic (exact) mass is 432 g/mol. The van der Waals surface area contributed by atoms with Gasteiger partial charge in [0.2, 0.25) is 11.9 Å². The fraction of sp³-hybridized carbons (Fsp3) is 0.400. The van der Waals surface area contributed by atoms with Crippen molar-refractivity contribution in [2.24, 2.45) is 4.99 Å². The van der Waals surface area contributed by atoms with Gasteiger partial charge in [0.1, 0.15) is 11.5 Å². The Morgan fingerprint density at radius 3 is 2.40 bits per heavy atom. The number of hydrogen-bond acceptors (Lipinski definition) is 7. The Morgan fingerprint density at radius 1 is 1.03 bits per heavy atom. The molecule has 0 aliphatic carbocycles. The first-order valence-electron chi connectivity index (χ1n) is 9.38. The van der Waals surface area contributed by atoms with Crippen LogP contribution in [0.4, 0.5) is 11.6 Å². The molecule has 3 N–H and O–H groups in total. The van der Waals surface area contributed by atoms with Crippen LogP contribution in [-0.2, 0) is 4.74 Å². The quantitative estimate of drug-likeness (QED) is 0.251. The normalized spacial score (nSPS) is 11.0. The third-order valence-corrected chi connectivity index (χ3v) is 4.08. The minimum atomic E-state index is 0.334. The van der Waals surface area contributed by atoms with E-state index < -0.39 is 0 Å². The highest BCUT2D eigenvalue weighted by Gasteiger charge is 2.10. The lowest BCUT2D eigenvalue weighted by molar-refractivity contribution is 0.197. The third-order valence-electron chi connectivity index (χ3n) is 3.88. The van der Waals surface area contributed by atoms with E-state index in [1.807, 2.05) is 32.0 Å². The summed E-state index contributed by atoms with van der Waals surface area (Å²) >= 11 is 5.46. The van der Waals surface area contributed by atoms with Crippen LogP contribution in [0.25, 0.3) is 0 Å². The van der Waals surface area contributed by atoms with Crippen molar-refractivity contribution in [2.45, 2.75) is 20.3 Å². The second kappa shape index (κ2) is 11.9. The lowest BCUT2D eigenvalue weighted by Gasteiger charge is -2.16. The topological polar surface area (TPSA) is 102 Å². The zero-order valence-corrected chi connectivity index (χ0v) is 18.7. The van der Waals surface area contributed by atoms with Gasteiger partial charge in [-0.05, 0) is 50.7 Å². The van der Waals surface area contributed by atoms with Gasteiger partial charge in [-0.2, -0.15) is 0 Å². The van der Waals surface area contributed by atoms with Crippen LogP contribution in [0.2, 0.25) is 0 Å². The second-order valence-corrected chi connectivity index (χ2v) is 6.73. The highest BCUT2D eigenvalue weighted by atomic mass is 32.1. The van der Waals surface area contributed by atoms with E-state index in [2.05, 4.69) is 30.9 Å². The smallest absolute Gasteiger partial charge is 0.229 e. The molecule has 10 heteroatoms. The van der Waals surface area contributed by atoms with Gasteiger partial charge in [0.25, 0.3) is 0 Å². The molecule has 30 heavy (non-hydrogen) atoms. The van der Waals surface area contributed by atoms with Crippen molar-refractivity contribution < 1.29 is 14.2 Å². The summed E-state index contributed by atoms with van der Waals surface area (Å²) in [5, 5.41) is 9.60. The number of hydrogen-bond donors (Lipinski definition) is 3. The van der Waals surface area contributed by atoms with Crippen LogP contribution in [0.15, 0.2) is 29.3 Å². The standard InChI is InChI=1S/C20H28N6O3S/c1-13-11-14(2)23-19(22-13)25-18(21-9-6-10-27-3)26-20(30)24-16-8-7-15(28-4)12-17(16)29-5/h7-8,11-12H,6,9-10H2,1-5H3,(H3,21,22,23,24,25,26,30). The Balaban J connectivity index is 2.13. The molecule has 1 aromatic carbocycles. The molecule has 0 amide bonds. The lowest BCUT2D eigenvalue weighted by Crippen LogP contribution is -2.39. The average molecular weight is 433 g/mol. The molecule has 2 aromatic rings. The highest BCUT2D eigenvalue weighted by molar-refractivity contribution is 7.80. The molecular formula is C20H28N6O3S. The van der Waals surface area contributed by atoms with Crippen molar-refractivity contribution in [3.63, 3.8) is 0 Å². The van der Waals surface area contributed by atoms with E-state index in [-0.39, 0.29) is 0 Å². The van der Waals surface area contributed by atoms with Crippen LogP contribution in [0.3, 0.4) is 0 Å². The van der Waals surface area contributed by atoms with E-state index >= 15 is 0 Å². The van der Waals surface area contributed by atoms with Gasteiger partial charge in [0.15, 0.2) is 5.11 Å². The van der Waals surface area contributed by atoms with Crippen molar-refractivity contribution in [2.75, 3.05) is 45.1 Å². The van der Waals surface area contributed by atoms with Crippen molar-refractivity contribution in [1.29, 1.82) is 0 Å². The number of benzene rings is 1. The molecule has 9 nitrogen and oxygen atoms in total. The van der Waals surface area contributed by atoms with Crippen LogP contribution in [0.5, 0.6) is 11.5 Å². The fourth-order valence-corrected chi connectivity index (χ4v) is 2.77. The van der Waals surface area contributed by atoms with Gasteiger partial charge in [-0.3, -0.25) is 10.3 Å². The van der Waals surface area contributed by atoms with E-state index in [0.29, 0.717) is 47.4 Å². The molecule has 1 aromatic heterocycles. The molecule has 0 saturated heterocycles. The van der Waals surface area contributed by atoms with Gasteiger partial charge in [0, 0.05) is 37.7 Å². The number of ether oxygens (including phenoxy) is 3. The third kappa shape index (κ3) is 7.45. The number of aryl methyl sites for hydroxylation is 2. The van der Waals surface area contributed by atoms with E-state index in [1.165, 1.54) is 0 Å². The Kier molecular flexibility index (Phi) is 9.23. The first-order chi connectivity index (χ1) is 14.4. The van der Waals surface area contributed by atoms with Gasteiger partial charge in [-0.1, -0.05) is 0 Å². The number of rotatable bonds is 8. The Hall–Kier alpha value is -2.98. The molecule has 0 bridgehead atoms. The lowest BCUT2D eigenvalue weighted by atomic mass is 10.2. The predicted octanol–water partition coefficient (Wildman–Crippen LogP) is 2.90. The van der Waals surface area contributed by atoms with Gasteiger partial charge < -0.3 is 24.8 Å². The molecule has 162 valence electrons. The number of anilines is 2. The first-order valence-corrected chi connectivity index (χ1v) is 9.78. The van der Waals surface area contributed by atoms with Gasteiger partial charge in [-0.25, -0.2) is 9.97 Å². The van der Waals surface area contributed by atoms with Crippen LogP contribution < -0.4 is 25.4 Å². The Labute approximate surface area is 182 Å². The minimum Gasteiger partial charge on any atom is -0.497 e. The van der Waals surface area contributed by atoms with E-state index in [4.69, 9.17) is 26.4 Å². The Bertz CT molecular complexity index is 871. The molecule has 2 rings (SSSR count). The maximum absolute atomic E-state index is 5.46. The summed E-state index contributed by atoms with van der Waals surface area (Å²) in [7, 11) is 4.84. The first kappa shape index (κ1) is 23.3. The summed E-state index contributed by atoms with van der Waals surface area (Å²) in [6.45, 7) is 4.97. The van der Waals surface area contributed by atoms with E-state index in [0.717, 1.165) is 17.8 Å². The molecule has 0 saturated carbocycles. The molecule has 0 fully saturated rings. The van der Waals surface area contributed by atoms with E-state index in [1.54, 1.807) is 27.4 Å². The second-order valence-electron chi connectivity index (χ2n) is 6.32. The van der Waals surface area contributed by atoms with Crippen molar-refractivity contribution in [1.82, 2.24) is 15.3 Å². The van der Waals surface area contributed by atoms with Gasteiger partial charge >= 0.3 is 0 Å². The van der Waals surface area contributed by atoms with Gasteiger partial charge in [0.05, 0.1) is 19.9 Å². The molecule has 1 heterocycles. The number of aliphatic imine (C=N–C) groups is 1. The number of aromatic nitrogens is 2. The van der Waals surface area contributed by atoms with Crippen LogP contribution in [-0.4, -0.2) is 55.5 Å². The molecule has 0 atom stereocenters. The predicted molar refractivity (Wildman–Crippen MR) is 123 cm³/mol. The molecule has 0 spiro atoms. The van der Waals surface area contributed by atoms with Crippen molar-refractivity contribution in [3.05, 3.63) is 35.7 Å². The van der Waals surface area contributed by atoms with Crippen molar-refractivity contribution >= 4 is 34.9 Å². The maximum Gasteiger partial charge on any atom is 0.229 e. The largest absolute Gasteiger partial charge is 0.497 e. The summed E-state index contributed by atoms with van der Waals surface area (Å²) in [4.78, 5) is 13.3. The zero-order valence-electron chi connectivity index (χ0n) is 17.9. The fourth-order valence-electron chi connectivity index (χ4n) is 2.56. The van der Waals surface area contributed by atoms with Crippen molar-refractivity contribution in [3.8, 4) is 11.5 Å². The molecule has 0 aliphatic heterocycles. The molecular weight excluding hydrogens is 404 g/mol. The number of nitrogens with one attached hydrogen (secondary N) is 3. The number of thiocarbonyl (C=S) groups is 1. The summed E-state index contributed by atoms with van der Waals surface area (Å²) in [6.07, 6.45) is 0.767. The maximum atomic E-state index is 5.46. The summed E-state index contributed by atoms with van der Waals surface area (Å²) in [5.74, 6) is 2.16. The average Bonchev–Trinajstić information content (AvgIpc) is 2.70. The minimum absolute atomic E-state index is 0.334. The highest BCUT2D eigenvalue weighted by Crippen LogP contribution is 2.28. The molecule has 0 aliphatic rings. The number of methoxy groups -OCH3 is 3. The SMILES string of the molecule is COCCCN=C(NC(=S)Nc1ccc(OC)cc1OC)Nc1nc(C)cc(C)n1. The summed E-state index contributed by atoms with van der Waals surface area (Å²) in [6, 6.07) is 7.30. The van der Waals surface area contributed by atoms with Crippen LogP contribution in [0.1, 0.15) is 17.8 Å². The van der Waals surface area contributed by atoms with Gasteiger partial charge in [-0.15, -0.1) is 0 Å². The number of guanidine groups is 1. The number of nitrogens with zero attached hydrogens (tertiary/aromatic N) is 3. The summed E-state index contributed by atoms with van der Waals surface area (Å²) < 4.78 is 15.7. The summed E-state index contributed by atoms with van der Waals surface area (Å²) in [5.41, 5.74) is 2.40. The van der Waals surface area contributed by atoms with Crippen LogP contribution in [0, 0.1) is 13.8 Å². The van der Waals surface area contributed by atoms with E-state index in [9.17, 15) is 0 Å². The Morgan fingerprint density at radius 2 is 1.77 bits per heavy atom. The zero-order chi connectivity index (χ0) is 21.9. The molecule has 0 unspecified atom stereocenters.